The van der Waals surface area contributed by atoms with Gasteiger partial charge in [-0.3, -0.25) is 4.79 Å². The second-order valence-corrected chi connectivity index (χ2v) is 5.75. The predicted molar refractivity (Wildman–Crippen MR) is 73.2 cm³/mol. The molecule has 1 aromatic carbocycles. The molecule has 0 amide bonds. The van der Waals surface area contributed by atoms with Crippen LogP contribution < -0.4 is 4.74 Å². The maximum atomic E-state index is 11.7. The molecule has 0 bridgehead atoms. The van der Waals surface area contributed by atoms with Crippen LogP contribution in [0.25, 0.3) is 0 Å². The summed E-state index contributed by atoms with van der Waals surface area (Å²) >= 11 is 3.44. The number of benzene rings is 1. The van der Waals surface area contributed by atoms with E-state index < -0.39 is 11.4 Å². The van der Waals surface area contributed by atoms with Crippen molar-refractivity contribution in [3.05, 3.63) is 27.7 Å². The Hall–Kier alpha value is -1.03. The normalized spacial score (nSPS) is 17.7. The first-order chi connectivity index (χ1) is 8.51. The van der Waals surface area contributed by atoms with Gasteiger partial charge in [0.15, 0.2) is 0 Å². The number of carbonyl (C=O) groups is 1. The highest BCUT2D eigenvalue weighted by Crippen LogP contribution is 2.44. The fourth-order valence-corrected chi connectivity index (χ4v) is 3.41. The van der Waals surface area contributed by atoms with Crippen molar-refractivity contribution in [2.75, 3.05) is 7.11 Å². The Balaban J connectivity index is 2.56. The zero-order valence-electron chi connectivity index (χ0n) is 10.6. The highest BCUT2D eigenvalue weighted by atomic mass is 79.9. The maximum Gasteiger partial charge on any atom is 0.314 e. The largest absolute Gasteiger partial charge is 0.496 e. The third-order valence-corrected chi connectivity index (χ3v) is 4.50. The summed E-state index contributed by atoms with van der Waals surface area (Å²) in [5.74, 6) is 0.0370. The monoisotopic (exact) mass is 312 g/mol. The van der Waals surface area contributed by atoms with Gasteiger partial charge in [0.1, 0.15) is 5.75 Å². The Kier molecular flexibility index (Phi) is 3.66. The van der Waals surface area contributed by atoms with Crippen LogP contribution in [0.3, 0.4) is 0 Å². The molecule has 0 aliphatic heterocycles. The number of ether oxygens (including phenoxy) is 1. The number of carboxylic acid groups (broad SMARTS) is 1. The minimum atomic E-state index is -0.709. The summed E-state index contributed by atoms with van der Waals surface area (Å²) in [4.78, 5) is 11.7. The second-order valence-electron chi connectivity index (χ2n) is 4.90. The average molecular weight is 313 g/mol. The first kappa shape index (κ1) is 13.4. The SMILES string of the molecule is COc1cc(C)c(C2(C(=O)O)CCCC2)cc1Br. The van der Waals surface area contributed by atoms with E-state index in [1.165, 1.54) is 0 Å². The van der Waals surface area contributed by atoms with Gasteiger partial charge in [0, 0.05) is 0 Å². The molecule has 98 valence electrons. The number of halogens is 1. The lowest BCUT2D eigenvalue weighted by Gasteiger charge is -2.27. The third-order valence-electron chi connectivity index (χ3n) is 3.88. The topological polar surface area (TPSA) is 46.5 Å². The van der Waals surface area contributed by atoms with Crippen LogP contribution in [0.4, 0.5) is 0 Å². The van der Waals surface area contributed by atoms with E-state index in [9.17, 15) is 9.90 Å². The fourth-order valence-electron chi connectivity index (χ4n) is 2.90. The van der Waals surface area contributed by atoms with Crippen molar-refractivity contribution in [3.63, 3.8) is 0 Å². The summed E-state index contributed by atoms with van der Waals surface area (Å²) in [6.45, 7) is 1.95. The van der Waals surface area contributed by atoms with E-state index in [-0.39, 0.29) is 0 Å². The summed E-state index contributed by atoms with van der Waals surface area (Å²) in [6.07, 6.45) is 3.41. The molecule has 0 unspecified atom stereocenters. The average Bonchev–Trinajstić information content (AvgIpc) is 2.82. The summed E-state index contributed by atoms with van der Waals surface area (Å²) in [7, 11) is 1.61. The van der Waals surface area contributed by atoms with Crippen molar-refractivity contribution < 1.29 is 14.6 Å². The van der Waals surface area contributed by atoms with Crippen LogP contribution in [0.5, 0.6) is 5.75 Å². The molecule has 4 heteroatoms. The van der Waals surface area contributed by atoms with E-state index in [2.05, 4.69) is 15.9 Å². The van der Waals surface area contributed by atoms with Gasteiger partial charge in [-0.2, -0.15) is 0 Å². The van der Waals surface area contributed by atoms with E-state index in [4.69, 9.17) is 4.74 Å². The Bertz CT molecular complexity index is 476. The van der Waals surface area contributed by atoms with Gasteiger partial charge in [-0.25, -0.2) is 0 Å². The molecule has 0 spiro atoms. The number of aryl methyl sites for hydroxylation is 1. The maximum absolute atomic E-state index is 11.7. The molecular formula is C14H17BrO3. The van der Waals surface area contributed by atoms with E-state index in [0.29, 0.717) is 0 Å². The standard InChI is InChI=1S/C14H17BrO3/c1-9-7-12(18-2)11(15)8-10(9)14(13(16)17)5-3-4-6-14/h7-8H,3-6H2,1-2H3,(H,16,17). The Morgan fingerprint density at radius 2 is 2.00 bits per heavy atom. The van der Waals surface area contributed by atoms with Crippen LogP contribution in [0, 0.1) is 6.92 Å². The predicted octanol–water partition coefficient (Wildman–Crippen LogP) is 3.66. The number of aliphatic carboxylic acids is 1. The highest BCUT2D eigenvalue weighted by Gasteiger charge is 2.44. The molecule has 1 fully saturated rings. The number of hydrogen-bond acceptors (Lipinski definition) is 2. The van der Waals surface area contributed by atoms with Gasteiger partial charge in [-0.1, -0.05) is 12.8 Å². The summed E-state index contributed by atoms with van der Waals surface area (Å²) in [5.41, 5.74) is 1.19. The Morgan fingerprint density at radius 3 is 2.50 bits per heavy atom. The van der Waals surface area contributed by atoms with E-state index in [0.717, 1.165) is 47.0 Å². The molecule has 0 saturated heterocycles. The fraction of sp³-hybridized carbons (Fsp3) is 0.500. The van der Waals surface area contributed by atoms with Crippen LogP contribution in [-0.2, 0) is 10.2 Å². The van der Waals surface area contributed by atoms with Crippen LogP contribution in [0.15, 0.2) is 16.6 Å². The first-order valence-corrected chi connectivity index (χ1v) is 6.88. The minimum Gasteiger partial charge on any atom is -0.496 e. The molecule has 1 saturated carbocycles. The number of methoxy groups -OCH3 is 1. The molecule has 1 aliphatic carbocycles. The second kappa shape index (κ2) is 4.92. The zero-order valence-corrected chi connectivity index (χ0v) is 12.2. The molecule has 1 aliphatic rings. The van der Waals surface area contributed by atoms with E-state index in [1.54, 1.807) is 7.11 Å². The number of rotatable bonds is 3. The van der Waals surface area contributed by atoms with Crippen LogP contribution >= 0.6 is 15.9 Å². The van der Waals surface area contributed by atoms with Crippen molar-refractivity contribution in [3.8, 4) is 5.75 Å². The lowest BCUT2D eigenvalue weighted by Crippen LogP contribution is -2.33. The molecule has 2 rings (SSSR count). The van der Waals surface area contributed by atoms with Gasteiger partial charge in [0.25, 0.3) is 0 Å². The van der Waals surface area contributed by atoms with Crippen molar-refractivity contribution >= 4 is 21.9 Å². The first-order valence-electron chi connectivity index (χ1n) is 6.09. The smallest absolute Gasteiger partial charge is 0.314 e. The molecule has 0 heterocycles. The van der Waals surface area contributed by atoms with Gasteiger partial charge in [0.05, 0.1) is 17.0 Å². The van der Waals surface area contributed by atoms with E-state index in [1.807, 2.05) is 19.1 Å². The molecule has 1 N–H and O–H groups in total. The van der Waals surface area contributed by atoms with Gasteiger partial charge in [-0.15, -0.1) is 0 Å². The van der Waals surface area contributed by atoms with Crippen LogP contribution in [-0.4, -0.2) is 18.2 Å². The lowest BCUT2D eigenvalue weighted by molar-refractivity contribution is -0.143. The van der Waals surface area contributed by atoms with Gasteiger partial charge in [-0.05, 0) is 59.0 Å². The summed E-state index contributed by atoms with van der Waals surface area (Å²) < 4.78 is 6.06. The molecule has 0 aromatic heterocycles. The third kappa shape index (κ3) is 2.03. The Morgan fingerprint density at radius 1 is 1.39 bits per heavy atom. The number of hydrogen-bond donors (Lipinski definition) is 1. The minimum absolute atomic E-state index is 0.708. The Labute approximate surface area is 115 Å². The molecular weight excluding hydrogens is 296 g/mol. The molecule has 0 atom stereocenters. The van der Waals surface area contributed by atoms with Gasteiger partial charge < -0.3 is 9.84 Å². The van der Waals surface area contributed by atoms with E-state index >= 15 is 0 Å². The highest BCUT2D eigenvalue weighted by molar-refractivity contribution is 9.10. The molecule has 3 nitrogen and oxygen atoms in total. The molecule has 1 aromatic rings. The number of carboxylic acids is 1. The van der Waals surface area contributed by atoms with Gasteiger partial charge in [0.2, 0.25) is 0 Å². The van der Waals surface area contributed by atoms with Crippen LogP contribution in [0.1, 0.15) is 36.8 Å². The zero-order chi connectivity index (χ0) is 13.3. The summed E-state index contributed by atoms with van der Waals surface area (Å²) in [5, 5.41) is 9.61. The quantitative estimate of drug-likeness (QED) is 0.926. The summed E-state index contributed by atoms with van der Waals surface area (Å²) in [6, 6.07) is 3.82. The van der Waals surface area contributed by atoms with Crippen molar-refractivity contribution in [1.82, 2.24) is 0 Å². The van der Waals surface area contributed by atoms with Gasteiger partial charge >= 0.3 is 5.97 Å². The van der Waals surface area contributed by atoms with Crippen LogP contribution in [0.2, 0.25) is 0 Å². The molecule has 0 radical (unpaired) electrons. The van der Waals surface area contributed by atoms with Crippen molar-refractivity contribution in [2.24, 2.45) is 0 Å². The van der Waals surface area contributed by atoms with Crippen molar-refractivity contribution in [1.29, 1.82) is 0 Å². The lowest BCUT2D eigenvalue weighted by atomic mass is 9.77. The van der Waals surface area contributed by atoms with Crippen molar-refractivity contribution in [2.45, 2.75) is 38.0 Å². The molecule has 18 heavy (non-hydrogen) atoms.